The third-order valence-electron chi connectivity index (χ3n) is 4.65. The molecule has 0 bridgehead atoms. The minimum absolute atomic E-state index is 0. The molecule has 1 amide bonds. The van der Waals surface area contributed by atoms with E-state index in [9.17, 15) is 9.59 Å². The largest absolute Gasteiger partial charge is 0.463 e. The van der Waals surface area contributed by atoms with Gasteiger partial charge >= 0.3 is 12.1 Å². The number of hydrogen-bond acceptors (Lipinski definition) is 5. The lowest BCUT2D eigenvalue weighted by atomic mass is 10.0. The molecule has 0 aromatic heterocycles. The Morgan fingerprint density at radius 2 is 1.61 bits per heavy atom. The average Bonchev–Trinajstić information content (AvgIpc) is 2.67. The standard InChI is InChI=1S/C21H30N2O4.ClH/c1-4-26-20(24)16-17(3)19-8-6-18(7-9-19)10-11-22-12-14-23(15-13-22)21(25)27-5-2;/h6-9,16H,4-5,10-15H2,1-3H3;1H. The predicted octanol–water partition coefficient (Wildman–Crippen LogP) is 3.39. The predicted molar refractivity (Wildman–Crippen MR) is 113 cm³/mol. The quantitative estimate of drug-likeness (QED) is 0.509. The second-order valence-corrected chi connectivity index (χ2v) is 6.55. The van der Waals surface area contributed by atoms with E-state index < -0.39 is 0 Å². The molecule has 0 radical (unpaired) electrons. The number of hydrogen-bond donors (Lipinski definition) is 0. The van der Waals surface area contributed by atoms with Crippen LogP contribution >= 0.6 is 12.4 Å². The van der Waals surface area contributed by atoms with E-state index in [4.69, 9.17) is 9.47 Å². The topological polar surface area (TPSA) is 59.1 Å². The Hall–Kier alpha value is -2.05. The van der Waals surface area contributed by atoms with Crippen LogP contribution in [-0.2, 0) is 20.7 Å². The number of allylic oxidation sites excluding steroid dienone is 1. The lowest BCUT2D eigenvalue weighted by Crippen LogP contribution is -2.49. The Kier molecular flexibility index (Phi) is 10.6. The van der Waals surface area contributed by atoms with Gasteiger partial charge < -0.3 is 14.4 Å². The Morgan fingerprint density at radius 3 is 2.18 bits per heavy atom. The van der Waals surface area contributed by atoms with Crippen molar-refractivity contribution in [3.05, 3.63) is 41.5 Å². The van der Waals surface area contributed by atoms with Crippen LogP contribution < -0.4 is 0 Å². The first kappa shape index (κ1) is 24.0. The van der Waals surface area contributed by atoms with Crippen molar-refractivity contribution in [3.8, 4) is 0 Å². The van der Waals surface area contributed by atoms with Gasteiger partial charge in [0.2, 0.25) is 0 Å². The Labute approximate surface area is 173 Å². The third kappa shape index (κ3) is 7.52. The second kappa shape index (κ2) is 12.4. The van der Waals surface area contributed by atoms with E-state index in [1.807, 2.05) is 26.0 Å². The SMILES string of the molecule is CCOC(=O)C=C(C)c1ccc(CCN2CCN(C(=O)OCC)CC2)cc1.Cl. The number of esters is 1. The van der Waals surface area contributed by atoms with Crippen LogP contribution in [-0.4, -0.2) is 67.8 Å². The van der Waals surface area contributed by atoms with E-state index in [1.165, 1.54) is 11.6 Å². The first-order valence-electron chi connectivity index (χ1n) is 9.62. The highest BCUT2D eigenvalue weighted by Crippen LogP contribution is 2.15. The molecule has 1 fully saturated rings. The van der Waals surface area contributed by atoms with E-state index in [-0.39, 0.29) is 24.5 Å². The van der Waals surface area contributed by atoms with Gasteiger partial charge in [-0.3, -0.25) is 4.90 Å². The molecule has 0 unspecified atom stereocenters. The lowest BCUT2D eigenvalue weighted by Gasteiger charge is -2.34. The van der Waals surface area contributed by atoms with Crippen molar-refractivity contribution in [2.45, 2.75) is 27.2 Å². The summed E-state index contributed by atoms with van der Waals surface area (Å²) in [5.41, 5.74) is 3.18. The number of rotatable bonds is 7. The van der Waals surface area contributed by atoms with Crippen molar-refractivity contribution in [2.75, 3.05) is 45.9 Å². The number of ether oxygens (including phenoxy) is 2. The fraction of sp³-hybridized carbons (Fsp3) is 0.524. The van der Waals surface area contributed by atoms with E-state index in [0.29, 0.717) is 13.2 Å². The van der Waals surface area contributed by atoms with Crippen molar-refractivity contribution in [1.82, 2.24) is 9.80 Å². The zero-order valence-electron chi connectivity index (χ0n) is 17.0. The molecule has 0 saturated carbocycles. The number of benzene rings is 1. The summed E-state index contributed by atoms with van der Waals surface area (Å²) in [6, 6.07) is 8.29. The number of carbonyl (C=O) groups excluding carboxylic acids is 2. The summed E-state index contributed by atoms with van der Waals surface area (Å²) in [5.74, 6) is -0.305. The first-order valence-corrected chi connectivity index (χ1v) is 9.62. The minimum atomic E-state index is -0.305. The highest BCUT2D eigenvalue weighted by atomic mass is 35.5. The number of nitrogens with zero attached hydrogens (tertiary/aromatic N) is 2. The normalized spacial score (nSPS) is 15.0. The van der Waals surface area contributed by atoms with Gasteiger partial charge in [0.1, 0.15) is 0 Å². The van der Waals surface area contributed by atoms with Gasteiger partial charge in [-0.05, 0) is 43.9 Å². The number of amides is 1. The summed E-state index contributed by atoms with van der Waals surface area (Å²) in [6.45, 7) is 10.5. The van der Waals surface area contributed by atoms with Crippen molar-refractivity contribution in [3.63, 3.8) is 0 Å². The van der Waals surface area contributed by atoms with Gasteiger partial charge in [0.15, 0.2) is 0 Å². The van der Waals surface area contributed by atoms with Gasteiger partial charge in [0, 0.05) is 38.8 Å². The Morgan fingerprint density at radius 1 is 1.00 bits per heavy atom. The molecule has 0 N–H and O–H groups in total. The molecule has 1 aromatic carbocycles. The van der Waals surface area contributed by atoms with Crippen molar-refractivity contribution in [1.29, 1.82) is 0 Å². The van der Waals surface area contributed by atoms with Crippen LogP contribution in [0.3, 0.4) is 0 Å². The fourth-order valence-corrected chi connectivity index (χ4v) is 3.03. The highest BCUT2D eigenvalue weighted by Gasteiger charge is 2.21. The van der Waals surface area contributed by atoms with Crippen LogP contribution in [0.4, 0.5) is 4.79 Å². The molecule has 28 heavy (non-hydrogen) atoms. The third-order valence-corrected chi connectivity index (χ3v) is 4.65. The number of piperazine rings is 1. The van der Waals surface area contributed by atoms with Crippen molar-refractivity contribution in [2.24, 2.45) is 0 Å². The smallest absolute Gasteiger partial charge is 0.409 e. The molecule has 1 saturated heterocycles. The summed E-state index contributed by atoms with van der Waals surface area (Å²) < 4.78 is 9.99. The molecule has 0 aliphatic carbocycles. The summed E-state index contributed by atoms with van der Waals surface area (Å²) in [5, 5.41) is 0. The maximum Gasteiger partial charge on any atom is 0.409 e. The van der Waals surface area contributed by atoms with E-state index in [1.54, 1.807) is 11.8 Å². The zero-order chi connectivity index (χ0) is 19.6. The Balaban J connectivity index is 0.00000392. The maximum atomic E-state index is 11.7. The van der Waals surface area contributed by atoms with Gasteiger partial charge in [-0.2, -0.15) is 0 Å². The molecule has 7 heteroatoms. The van der Waals surface area contributed by atoms with Crippen LogP contribution in [0.2, 0.25) is 0 Å². The summed E-state index contributed by atoms with van der Waals surface area (Å²) in [7, 11) is 0. The molecular weight excluding hydrogens is 380 g/mol. The van der Waals surface area contributed by atoms with Crippen LogP contribution in [0.25, 0.3) is 5.57 Å². The maximum absolute atomic E-state index is 11.7. The lowest BCUT2D eigenvalue weighted by molar-refractivity contribution is -0.137. The number of halogens is 1. The zero-order valence-corrected chi connectivity index (χ0v) is 17.8. The first-order chi connectivity index (χ1) is 13.0. The Bertz CT molecular complexity index is 653. The minimum Gasteiger partial charge on any atom is -0.463 e. The molecule has 1 aliphatic rings. The van der Waals surface area contributed by atoms with Gasteiger partial charge in [-0.15, -0.1) is 12.4 Å². The molecule has 156 valence electrons. The van der Waals surface area contributed by atoms with Crippen LogP contribution in [0.5, 0.6) is 0 Å². The summed E-state index contributed by atoms with van der Waals surface area (Å²) >= 11 is 0. The summed E-state index contributed by atoms with van der Waals surface area (Å²) in [4.78, 5) is 27.4. The summed E-state index contributed by atoms with van der Waals surface area (Å²) in [6.07, 6.45) is 2.28. The molecule has 1 aromatic rings. The van der Waals surface area contributed by atoms with Gasteiger partial charge in [-0.1, -0.05) is 24.3 Å². The molecule has 6 nitrogen and oxygen atoms in total. The van der Waals surface area contributed by atoms with Gasteiger partial charge in [0.05, 0.1) is 13.2 Å². The van der Waals surface area contributed by atoms with Crippen molar-refractivity contribution < 1.29 is 19.1 Å². The molecule has 2 rings (SSSR count). The molecule has 0 atom stereocenters. The molecule has 1 aliphatic heterocycles. The average molecular weight is 411 g/mol. The molecule has 1 heterocycles. The van der Waals surface area contributed by atoms with E-state index in [2.05, 4.69) is 17.0 Å². The van der Waals surface area contributed by atoms with Crippen molar-refractivity contribution >= 4 is 30.0 Å². The molecular formula is C21H31ClN2O4. The monoisotopic (exact) mass is 410 g/mol. The van der Waals surface area contributed by atoms with E-state index in [0.717, 1.165) is 50.3 Å². The van der Waals surface area contributed by atoms with Gasteiger partial charge in [-0.25, -0.2) is 9.59 Å². The van der Waals surface area contributed by atoms with Crippen LogP contribution in [0.15, 0.2) is 30.3 Å². The second-order valence-electron chi connectivity index (χ2n) is 6.55. The molecule has 0 spiro atoms. The van der Waals surface area contributed by atoms with Crippen LogP contribution in [0, 0.1) is 0 Å². The van der Waals surface area contributed by atoms with E-state index >= 15 is 0 Å². The fourth-order valence-electron chi connectivity index (χ4n) is 3.03. The number of carbonyl (C=O) groups is 2. The van der Waals surface area contributed by atoms with Gasteiger partial charge in [0.25, 0.3) is 0 Å². The highest BCUT2D eigenvalue weighted by molar-refractivity contribution is 5.90. The van der Waals surface area contributed by atoms with Crippen LogP contribution in [0.1, 0.15) is 31.9 Å².